The number of halogens is 2. The first-order valence-corrected chi connectivity index (χ1v) is 7.84. The zero-order valence-electron chi connectivity index (χ0n) is 12.6. The summed E-state index contributed by atoms with van der Waals surface area (Å²) < 4.78 is 13.9. The molecular weight excluding hydrogens is 309 g/mol. The molecule has 4 nitrogen and oxygen atoms in total. The van der Waals surface area contributed by atoms with E-state index in [-0.39, 0.29) is 18.7 Å². The number of carbonyl (C=O) groups excluding carboxylic acids is 1. The van der Waals surface area contributed by atoms with E-state index in [0.29, 0.717) is 24.4 Å². The monoisotopic (exact) mass is 329 g/mol. The van der Waals surface area contributed by atoms with Gasteiger partial charge in [-0.15, -0.1) is 0 Å². The zero-order chi connectivity index (χ0) is 16.3. The van der Waals surface area contributed by atoms with Gasteiger partial charge < -0.3 is 15.1 Å². The second-order valence-electron chi connectivity index (χ2n) is 5.93. The zero-order valence-corrected chi connectivity index (χ0v) is 13.3. The molecule has 22 heavy (non-hydrogen) atoms. The summed E-state index contributed by atoms with van der Waals surface area (Å²) in [6.07, 6.45) is 1.09. The highest BCUT2D eigenvalue weighted by Crippen LogP contribution is 2.35. The van der Waals surface area contributed by atoms with E-state index in [2.05, 4.69) is 0 Å². The molecule has 0 bridgehead atoms. The Hall–Kier alpha value is -1.17. The lowest BCUT2D eigenvalue weighted by Crippen LogP contribution is -2.55. The van der Waals surface area contributed by atoms with E-state index in [1.807, 2.05) is 6.92 Å². The minimum absolute atomic E-state index is 0.0766. The van der Waals surface area contributed by atoms with Gasteiger partial charge in [0.05, 0.1) is 18.3 Å². The molecule has 2 N–H and O–H groups in total. The number of rotatable bonds is 4. The summed E-state index contributed by atoms with van der Waals surface area (Å²) in [5.41, 5.74) is -0.815. The number of amides is 1. The van der Waals surface area contributed by atoms with E-state index in [1.54, 1.807) is 0 Å². The van der Waals surface area contributed by atoms with Crippen molar-refractivity contribution in [3.8, 4) is 0 Å². The minimum atomic E-state index is -0.738. The van der Waals surface area contributed by atoms with Crippen LogP contribution in [0.3, 0.4) is 0 Å². The summed E-state index contributed by atoms with van der Waals surface area (Å²) in [6, 6.07) is 3.87. The fourth-order valence-corrected chi connectivity index (χ4v) is 3.30. The smallest absolute Gasteiger partial charge is 0.256 e. The largest absolute Gasteiger partial charge is 0.396 e. The number of likely N-dealkylation sites (tertiary alicyclic amines) is 1. The highest BCUT2D eigenvalue weighted by molar-refractivity contribution is 6.31. The van der Waals surface area contributed by atoms with Crippen molar-refractivity contribution in [3.05, 3.63) is 34.6 Å². The van der Waals surface area contributed by atoms with E-state index in [9.17, 15) is 19.4 Å². The molecule has 1 aromatic rings. The van der Waals surface area contributed by atoms with Gasteiger partial charge in [-0.25, -0.2) is 4.39 Å². The van der Waals surface area contributed by atoms with Crippen molar-refractivity contribution < 1.29 is 19.4 Å². The second kappa shape index (κ2) is 6.94. The van der Waals surface area contributed by atoms with Gasteiger partial charge in [0.25, 0.3) is 5.91 Å². The maximum atomic E-state index is 13.9. The summed E-state index contributed by atoms with van der Waals surface area (Å²) in [6.45, 7) is 2.30. The minimum Gasteiger partial charge on any atom is -0.396 e. The quantitative estimate of drug-likeness (QED) is 0.892. The van der Waals surface area contributed by atoms with Gasteiger partial charge in [0.2, 0.25) is 0 Å². The molecule has 6 heteroatoms. The average Bonchev–Trinajstić information content (AvgIpc) is 2.51. The average molecular weight is 330 g/mol. The van der Waals surface area contributed by atoms with Gasteiger partial charge in [0.1, 0.15) is 5.82 Å². The Labute approximate surface area is 134 Å². The molecule has 0 aromatic heterocycles. The topological polar surface area (TPSA) is 60.8 Å². The maximum Gasteiger partial charge on any atom is 0.256 e. The van der Waals surface area contributed by atoms with Gasteiger partial charge in [-0.3, -0.25) is 4.79 Å². The molecule has 0 unspecified atom stereocenters. The Balaban J connectivity index is 2.25. The Morgan fingerprint density at radius 2 is 2.27 bits per heavy atom. The molecule has 1 aliphatic heterocycles. The number of benzene rings is 1. The van der Waals surface area contributed by atoms with E-state index in [1.165, 1.54) is 23.1 Å². The fourth-order valence-electron chi connectivity index (χ4n) is 3.13. The highest BCUT2D eigenvalue weighted by Gasteiger charge is 2.43. The molecule has 1 fully saturated rings. The summed E-state index contributed by atoms with van der Waals surface area (Å²) >= 11 is 5.84. The van der Waals surface area contributed by atoms with E-state index < -0.39 is 23.2 Å². The molecule has 2 rings (SSSR count). The number of hydrogen-bond acceptors (Lipinski definition) is 3. The van der Waals surface area contributed by atoms with Gasteiger partial charge >= 0.3 is 0 Å². The number of nitrogens with zero attached hydrogens (tertiary/aromatic N) is 1. The van der Waals surface area contributed by atoms with Gasteiger partial charge in [-0.1, -0.05) is 24.9 Å². The van der Waals surface area contributed by atoms with E-state index in [4.69, 9.17) is 11.6 Å². The lowest BCUT2D eigenvalue weighted by Gasteiger charge is -2.45. The van der Waals surface area contributed by atoms with Crippen LogP contribution < -0.4 is 0 Å². The van der Waals surface area contributed by atoms with Crippen LogP contribution in [0.4, 0.5) is 4.39 Å². The third-order valence-electron chi connectivity index (χ3n) is 4.39. The van der Waals surface area contributed by atoms with Crippen molar-refractivity contribution >= 4 is 17.5 Å². The van der Waals surface area contributed by atoms with Crippen LogP contribution in [0.5, 0.6) is 0 Å². The van der Waals surface area contributed by atoms with Crippen molar-refractivity contribution in [2.75, 3.05) is 19.7 Å². The molecule has 1 saturated heterocycles. The molecule has 2 atom stereocenters. The fraction of sp³-hybridized carbons (Fsp3) is 0.562. The number of piperidine rings is 1. The van der Waals surface area contributed by atoms with Crippen LogP contribution in [-0.2, 0) is 0 Å². The van der Waals surface area contributed by atoms with Crippen molar-refractivity contribution in [1.82, 2.24) is 4.90 Å². The summed E-state index contributed by atoms with van der Waals surface area (Å²) in [5.74, 6) is -1.08. The predicted molar refractivity (Wildman–Crippen MR) is 82.4 cm³/mol. The third-order valence-corrected chi connectivity index (χ3v) is 4.63. The lowest BCUT2D eigenvalue weighted by atomic mass is 9.74. The SMILES string of the molecule is CCC[C@@]1(CO)CN(C(=O)c2cc(Cl)ccc2F)CC[C@@H]1O. The normalized spacial score (nSPS) is 25.3. The first-order chi connectivity index (χ1) is 10.4. The van der Waals surface area contributed by atoms with Gasteiger partial charge in [-0.2, -0.15) is 0 Å². The standard InChI is InChI=1S/C16H21ClFNO3/c1-2-6-16(10-20)9-19(7-5-14(16)21)15(22)12-8-11(17)3-4-13(12)18/h3-4,8,14,20-21H,2,5-7,9-10H2,1H3/t14-,16-/m0/s1. The molecule has 1 heterocycles. The van der Waals surface area contributed by atoms with Crippen LogP contribution in [0.15, 0.2) is 18.2 Å². The number of carbonyl (C=O) groups is 1. The highest BCUT2D eigenvalue weighted by atomic mass is 35.5. The Bertz CT molecular complexity index is 554. The van der Waals surface area contributed by atoms with Crippen molar-refractivity contribution in [3.63, 3.8) is 0 Å². The summed E-state index contributed by atoms with van der Waals surface area (Å²) in [4.78, 5) is 14.0. The molecule has 0 spiro atoms. The van der Waals surface area contributed by atoms with Crippen molar-refractivity contribution in [2.45, 2.75) is 32.3 Å². The Morgan fingerprint density at radius 3 is 2.91 bits per heavy atom. The maximum absolute atomic E-state index is 13.9. The summed E-state index contributed by atoms with van der Waals surface area (Å²) in [7, 11) is 0. The number of aliphatic hydroxyl groups is 2. The first kappa shape index (κ1) is 17.2. The van der Waals surface area contributed by atoms with Crippen LogP contribution in [0.25, 0.3) is 0 Å². The molecule has 122 valence electrons. The van der Waals surface area contributed by atoms with E-state index in [0.717, 1.165) is 6.42 Å². The van der Waals surface area contributed by atoms with Crippen LogP contribution in [-0.4, -0.2) is 46.8 Å². The molecule has 0 aliphatic carbocycles. The molecule has 0 saturated carbocycles. The second-order valence-corrected chi connectivity index (χ2v) is 6.36. The molecular formula is C16H21ClFNO3. The molecule has 1 amide bonds. The molecule has 1 aliphatic rings. The van der Waals surface area contributed by atoms with Crippen LogP contribution >= 0.6 is 11.6 Å². The number of hydrogen-bond donors (Lipinski definition) is 2. The van der Waals surface area contributed by atoms with Gasteiger partial charge in [0.15, 0.2) is 0 Å². The van der Waals surface area contributed by atoms with Gasteiger partial charge in [-0.05, 0) is 31.0 Å². The number of aliphatic hydroxyl groups excluding tert-OH is 2. The summed E-state index contributed by atoms with van der Waals surface area (Å²) in [5, 5.41) is 20.2. The molecule has 0 radical (unpaired) electrons. The van der Waals surface area contributed by atoms with Crippen molar-refractivity contribution in [1.29, 1.82) is 0 Å². The van der Waals surface area contributed by atoms with Crippen LogP contribution in [0.1, 0.15) is 36.5 Å². The van der Waals surface area contributed by atoms with Crippen LogP contribution in [0.2, 0.25) is 5.02 Å². The predicted octanol–water partition coefficient (Wildman–Crippen LogP) is 2.46. The van der Waals surface area contributed by atoms with Crippen LogP contribution in [0, 0.1) is 11.2 Å². The Kier molecular flexibility index (Phi) is 5.42. The van der Waals surface area contributed by atoms with Gasteiger partial charge in [0, 0.05) is 23.5 Å². The molecule has 1 aromatic carbocycles. The lowest BCUT2D eigenvalue weighted by molar-refractivity contribution is -0.0720. The third kappa shape index (κ3) is 3.26. The van der Waals surface area contributed by atoms with Crippen molar-refractivity contribution in [2.24, 2.45) is 5.41 Å². The Morgan fingerprint density at radius 1 is 1.55 bits per heavy atom. The van der Waals surface area contributed by atoms with E-state index >= 15 is 0 Å². The first-order valence-electron chi connectivity index (χ1n) is 7.47.